The van der Waals surface area contributed by atoms with Gasteiger partial charge in [-0.15, -0.1) is 0 Å². The van der Waals surface area contributed by atoms with E-state index in [4.69, 9.17) is 4.99 Å². The fourth-order valence-electron chi connectivity index (χ4n) is 4.87. The van der Waals surface area contributed by atoms with Gasteiger partial charge in [-0.25, -0.2) is 0 Å². The Hall–Kier alpha value is -2.04. The Morgan fingerprint density at radius 3 is 2.17 bits per heavy atom. The minimum Gasteiger partial charge on any atom is -0.349 e. The highest BCUT2D eigenvalue weighted by atomic mass is 32.2. The molecule has 4 heteroatoms. The number of hydrogen-bond donors (Lipinski definition) is 0. The molecule has 0 aromatic heterocycles. The van der Waals surface area contributed by atoms with Crippen molar-refractivity contribution in [2.45, 2.75) is 38.1 Å². The molecule has 0 unspecified atom stereocenters. The van der Waals surface area contributed by atoms with Crippen LogP contribution in [0, 0.1) is 0 Å². The van der Waals surface area contributed by atoms with E-state index in [9.17, 15) is 0 Å². The Bertz CT molecular complexity index is 890. The molecular formula is C26H31N3S. The van der Waals surface area contributed by atoms with Crippen LogP contribution in [0.3, 0.4) is 0 Å². The van der Waals surface area contributed by atoms with Crippen LogP contribution in [0.5, 0.6) is 0 Å². The third-order valence-electron chi connectivity index (χ3n) is 6.61. The van der Waals surface area contributed by atoms with Crippen molar-refractivity contribution in [2.75, 3.05) is 32.7 Å². The number of piperazine rings is 1. The van der Waals surface area contributed by atoms with Gasteiger partial charge in [-0.05, 0) is 36.0 Å². The first-order valence-corrected chi connectivity index (χ1v) is 12.3. The molecule has 0 amide bonds. The van der Waals surface area contributed by atoms with Gasteiger partial charge in [0.1, 0.15) is 0 Å². The van der Waals surface area contributed by atoms with Crippen LogP contribution in [0.25, 0.3) is 16.0 Å². The standard InChI is InChI=1S/C26H31N3S/c1-2-7-21(8-3-1)22-12-14-23(15-13-22)25-11-6-16-27-26(30-25)29-19-17-28(18-20-29)24-9-4-5-10-24/h1-3,7-8,11-15,24H,4-6,9-10,16-20H2. The van der Waals surface area contributed by atoms with Gasteiger partial charge in [-0.3, -0.25) is 9.89 Å². The Kier molecular flexibility index (Phi) is 6.24. The van der Waals surface area contributed by atoms with E-state index in [0.29, 0.717) is 0 Å². The van der Waals surface area contributed by atoms with Crippen molar-refractivity contribution in [3.8, 4) is 11.1 Å². The zero-order valence-electron chi connectivity index (χ0n) is 17.7. The van der Waals surface area contributed by atoms with Crippen LogP contribution < -0.4 is 0 Å². The van der Waals surface area contributed by atoms with Crippen molar-refractivity contribution in [3.63, 3.8) is 0 Å². The molecular weight excluding hydrogens is 386 g/mol. The van der Waals surface area contributed by atoms with E-state index in [0.717, 1.165) is 32.1 Å². The predicted octanol–water partition coefficient (Wildman–Crippen LogP) is 5.75. The normalized spacial score (nSPS) is 21.3. The van der Waals surface area contributed by atoms with Crippen LogP contribution in [0.1, 0.15) is 37.7 Å². The summed E-state index contributed by atoms with van der Waals surface area (Å²) in [6, 6.07) is 20.5. The van der Waals surface area contributed by atoms with Crippen molar-refractivity contribution in [2.24, 2.45) is 4.99 Å². The Balaban J connectivity index is 1.24. The van der Waals surface area contributed by atoms with E-state index < -0.39 is 0 Å². The molecule has 3 nitrogen and oxygen atoms in total. The summed E-state index contributed by atoms with van der Waals surface area (Å²) in [6.45, 7) is 5.51. The molecule has 2 aromatic carbocycles. The van der Waals surface area contributed by atoms with Crippen LogP contribution in [0.15, 0.2) is 65.7 Å². The summed E-state index contributed by atoms with van der Waals surface area (Å²) in [7, 11) is 0. The molecule has 30 heavy (non-hydrogen) atoms. The van der Waals surface area contributed by atoms with E-state index in [-0.39, 0.29) is 0 Å². The predicted molar refractivity (Wildman–Crippen MR) is 130 cm³/mol. The smallest absolute Gasteiger partial charge is 0.164 e. The fourth-order valence-corrected chi connectivity index (χ4v) is 5.99. The molecule has 3 aliphatic rings. The molecule has 0 N–H and O–H groups in total. The van der Waals surface area contributed by atoms with Gasteiger partial charge < -0.3 is 4.90 Å². The summed E-state index contributed by atoms with van der Waals surface area (Å²) in [5.74, 6) is 0. The maximum atomic E-state index is 4.95. The van der Waals surface area contributed by atoms with Crippen LogP contribution >= 0.6 is 11.8 Å². The summed E-state index contributed by atoms with van der Waals surface area (Å²) in [5.41, 5.74) is 3.85. The Labute approximate surface area is 184 Å². The topological polar surface area (TPSA) is 18.8 Å². The fraction of sp³-hybridized carbons (Fsp3) is 0.423. The second-order valence-corrected chi connectivity index (χ2v) is 9.54. The lowest BCUT2D eigenvalue weighted by molar-refractivity contribution is 0.135. The zero-order chi connectivity index (χ0) is 20.2. The van der Waals surface area contributed by atoms with Crippen molar-refractivity contribution in [3.05, 3.63) is 66.2 Å². The zero-order valence-corrected chi connectivity index (χ0v) is 18.5. The minimum atomic E-state index is 0.842. The summed E-state index contributed by atoms with van der Waals surface area (Å²) < 4.78 is 0. The number of amidine groups is 1. The molecule has 2 aliphatic heterocycles. The van der Waals surface area contributed by atoms with Crippen LogP contribution in [0.2, 0.25) is 0 Å². The molecule has 2 aromatic rings. The lowest BCUT2D eigenvalue weighted by Gasteiger charge is -2.39. The number of rotatable bonds is 3. The molecule has 156 valence electrons. The molecule has 0 bridgehead atoms. The van der Waals surface area contributed by atoms with E-state index in [1.54, 1.807) is 0 Å². The molecule has 1 saturated carbocycles. The monoisotopic (exact) mass is 417 g/mol. The van der Waals surface area contributed by atoms with E-state index in [1.165, 1.54) is 65.5 Å². The quantitative estimate of drug-likeness (QED) is 0.634. The number of nitrogens with zero attached hydrogens (tertiary/aromatic N) is 3. The van der Waals surface area contributed by atoms with Gasteiger partial charge in [0, 0.05) is 43.7 Å². The van der Waals surface area contributed by atoms with E-state index in [2.05, 4.69) is 70.5 Å². The van der Waals surface area contributed by atoms with Crippen molar-refractivity contribution < 1.29 is 0 Å². The van der Waals surface area contributed by atoms with Crippen LogP contribution in [-0.2, 0) is 0 Å². The van der Waals surface area contributed by atoms with Crippen molar-refractivity contribution >= 4 is 21.8 Å². The molecule has 2 heterocycles. The Morgan fingerprint density at radius 2 is 1.43 bits per heavy atom. The van der Waals surface area contributed by atoms with E-state index >= 15 is 0 Å². The van der Waals surface area contributed by atoms with Crippen molar-refractivity contribution in [1.82, 2.24) is 9.80 Å². The molecule has 1 saturated heterocycles. The summed E-state index contributed by atoms with van der Waals surface area (Å²) >= 11 is 1.87. The second-order valence-electron chi connectivity index (χ2n) is 8.53. The molecule has 0 atom stereocenters. The summed E-state index contributed by atoms with van der Waals surface area (Å²) in [4.78, 5) is 11.5. The number of hydrogen-bond acceptors (Lipinski definition) is 4. The number of benzene rings is 2. The lowest BCUT2D eigenvalue weighted by atomic mass is 10.0. The van der Waals surface area contributed by atoms with Gasteiger partial charge in [0.2, 0.25) is 0 Å². The molecule has 0 radical (unpaired) electrons. The lowest BCUT2D eigenvalue weighted by Crippen LogP contribution is -2.50. The van der Waals surface area contributed by atoms with Gasteiger partial charge in [0.05, 0.1) is 0 Å². The maximum absolute atomic E-state index is 4.95. The molecule has 0 spiro atoms. The molecule has 2 fully saturated rings. The van der Waals surface area contributed by atoms with Gasteiger partial charge in [0.15, 0.2) is 5.17 Å². The van der Waals surface area contributed by atoms with Crippen LogP contribution in [0.4, 0.5) is 0 Å². The highest BCUT2D eigenvalue weighted by molar-refractivity contribution is 8.21. The molecule has 1 aliphatic carbocycles. The third-order valence-corrected chi connectivity index (χ3v) is 7.80. The molecule has 5 rings (SSSR count). The SMILES string of the molecule is C1=C(c2ccc(-c3ccccc3)cc2)SC(N2CCN(C3CCCC3)CC2)=NCC1. The number of thioether (sulfide) groups is 1. The van der Waals surface area contributed by atoms with Gasteiger partial charge >= 0.3 is 0 Å². The number of aliphatic imine (C=N–C) groups is 1. The van der Waals surface area contributed by atoms with Gasteiger partial charge in [-0.2, -0.15) is 0 Å². The average molecular weight is 418 g/mol. The Morgan fingerprint density at radius 1 is 0.767 bits per heavy atom. The van der Waals surface area contributed by atoms with E-state index in [1.807, 2.05) is 11.8 Å². The maximum Gasteiger partial charge on any atom is 0.164 e. The largest absolute Gasteiger partial charge is 0.349 e. The third kappa shape index (κ3) is 4.50. The highest BCUT2D eigenvalue weighted by Crippen LogP contribution is 2.34. The summed E-state index contributed by atoms with van der Waals surface area (Å²) in [5, 5.41) is 1.22. The second kappa shape index (κ2) is 9.40. The van der Waals surface area contributed by atoms with Gasteiger partial charge in [-0.1, -0.05) is 85.3 Å². The average Bonchev–Trinajstić information content (AvgIpc) is 3.25. The highest BCUT2D eigenvalue weighted by Gasteiger charge is 2.28. The minimum absolute atomic E-state index is 0.842. The first kappa shape index (κ1) is 19.9. The van der Waals surface area contributed by atoms with Crippen LogP contribution in [-0.4, -0.2) is 53.7 Å². The van der Waals surface area contributed by atoms with Gasteiger partial charge in [0.25, 0.3) is 0 Å². The first-order chi connectivity index (χ1) is 14.9. The first-order valence-electron chi connectivity index (χ1n) is 11.4. The summed E-state index contributed by atoms with van der Waals surface area (Å²) in [6.07, 6.45) is 9.04. The van der Waals surface area contributed by atoms with Crippen molar-refractivity contribution in [1.29, 1.82) is 0 Å².